The predicted molar refractivity (Wildman–Crippen MR) is 108 cm³/mol. The van der Waals surface area contributed by atoms with E-state index in [1.165, 1.54) is 0 Å². The number of aryl methyl sites for hydroxylation is 1. The molecule has 4 heterocycles. The van der Waals surface area contributed by atoms with Gasteiger partial charge < -0.3 is 14.5 Å². The molecule has 2 fully saturated rings. The van der Waals surface area contributed by atoms with Crippen LogP contribution >= 0.6 is 11.3 Å². The lowest BCUT2D eigenvalue weighted by Crippen LogP contribution is -2.44. The van der Waals surface area contributed by atoms with E-state index in [1.54, 1.807) is 23.3 Å². The van der Waals surface area contributed by atoms with Gasteiger partial charge in [0.05, 0.1) is 41.7 Å². The number of likely N-dealkylation sites (tertiary alicyclic amines) is 1. The molecule has 3 aliphatic rings. The van der Waals surface area contributed by atoms with E-state index in [4.69, 9.17) is 4.74 Å². The zero-order chi connectivity index (χ0) is 20.1. The van der Waals surface area contributed by atoms with Gasteiger partial charge >= 0.3 is 0 Å². The molecule has 0 aliphatic carbocycles. The summed E-state index contributed by atoms with van der Waals surface area (Å²) in [4.78, 5) is 34.6. The van der Waals surface area contributed by atoms with Crippen LogP contribution in [0.25, 0.3) is 0 Å². The van der Waals surface area contributed by atoms with Crippen molar-refractivity contribution in [1.82, 2.24) is 14.8 Å². The van der Waals surface area contributed by atoms with Crippen LogP contribution in [-0.4, -0.2) is 58.4 Å². The van der Waals surface area contributed by atoms with Crippen molar-refractivity contribution in [3.05, 3.63) is 28.2 Å². The second-order valence-electron chi connectivity index (χ2n) is 8.35. The van der Waals surface area contributed by atoms with Gasteiger partial charge in [-0.05, 0) is 12.8 Å². The van der Waals surface area contributed by atoms with Gasteiger partial charge in [-0.1, -0.05) is 38.8 Å². The van der Waals surface area contributed by atoms with Crippen LogP contribution in [0.3, 0.4) is 0 Å². The van der Waals surface area contributed by atoms with Crippen molar-refractivity contribution in [2.45, 2.75) is 51.9 Å². The van der Waals surface area contributed by atoms with Gasteiger partial charge in [-0.15, -0.1) is 11.3 Å². The molecule has 0 N–H and O–H groups in total. The van der Waals surface area contributed by atoms with Crippen LogP contribution in [0.2, 0.25) is 0 Å². The van der Waals surface area contributed by atoms with E-state index >= 15 is 0 Å². The summed E-state index contributed by atoms with van der Waals surface area (Å²) in [5.74, 6) is -0.289. The first-order valence-corrected chi connectivity index (χ1v) is 11.1. The van der Waals surface area contributed by atoms with E-state index < -0.39 is 17.4 Å². The SMILES string of the molecule is CCC(CC)CN1C[C@]23C=C[C@H](O2)[C@@H](C(=O)N(C)Cc2csc(C)n2)[C@H]3C1=O. The molecule has 152 valence electrons. The molecule has 1 aromatic rings. The van der Waals surface area contributed by atoms with Gasteiger partial charge in [0.15, 0.2) is 0 Å². The Hall–Kier alpha value is -1.73. The predicted octanol–water partition coefficient (Wildman–Crippen LogP) is 2.63. The maximum absolute atomic E-state index is 13.3. The zero-order valence-electron chi connectivity index (χ0n) is 17.1. The number of ether oxygens (including phenoxy) is 1. The molecule has 1 aromatic heterocycles. The molecule has 6 nitrogen and oxygen atoms in total. The van der Waals surface area contributed by atoms with Crippen molar-refractivity contribution in [3.8, 4) is 0 Å². The topological polar surface area (TPSA) is 62.7 Å². The van der Waals surface area contributed by atoms with Crippen LogP contribution in [0, 0.1) is 24.7 Å². The molecule has 28 heavy (non-hydrogen) atoms. The molecule has 7 heteroatoms. The number of rotatable bonds is 7. The summed E-state index contributed by atoms with van der Waals surface area (Å²) in [6.45, 7) is 8.07. The Balaban J connectivity index is 1.52. The number of nitrogens with zero attached hydrogens (tertiary/aromatic N) is 3. The number of carbonyl (C=O) groups is 2. The second-order valence-corrected chi connectivity index (χ2v) is 9.42. The minimum Gasteiger partial charge on any atom is -0.360 e. The highest BCUT2D eigenvalue weighted by atomic mass is 32.1. The van der Waals surface area contributed by atoms with Crippen molar-refractivity contribution in [3.63, 3.8) is 0 Å². The Morgan fingerprint density at radius 1 is 1.46 bits per heavy atom. The Morgan fingerprint density at radius 3 is 2.86 bits per heavy atom. The Bertz CT molecular complexity index is 803. The van der Waals surface area contributed by atoms with Gasteiger partial charge in [0, 0.05) is 19.0 Å². The first-order chi connectivity index (χ1) is 13.4. The molecular formula is C21H29N3O3S. The minimum atomic E-state index is -0.619. The summed E-state index contributed by atoms with van der Waals surface area (Å²) < 4.78 is 6.24. The summed E-state index contributed by atoms with van der Waals surface area (Å²) in [7, 11) is 1.79. The number of hydrogen-bond donors (Lipinski definition) is 0. The lowest BCUT2D eigenvalue weighted by molar-refractivity contribution is -0.143. The monoisotopic (exact) mass is 403 g/mol. The summed E-state index contributed by atoms with van der Waals surface area (Å²) in [6.07, 6.45) is 5.82. The van der Waals surface area contributed by atoms with Gasteiger partial charge in [0.1, 0.15) is 5.60 Å². The highest BCUT2D eigenvalue weighted by Gasteiger charge is 2.67. The van der Waals surface area contributed by atoms with Crippen LogP contribution in [-0.2, 0) is 20.9 Å². The third-order valence-electron chi connectivity index (χ3n) is 6.54. The van der Waals surface area contributed by atoms with Crippen molar-refractivity contribution in [2.75, 3.05) is 20.1 Å². The molecule has 0 saturated carbocycles. The first kappa shape index (κ1) is 19.6. The number of carbonyl (C=O) groups excluding carboxylic acids is 2. The van der Waals surface area contributed by atoms with Gasteiger partial charge in [0.25, 0.3) is 0 Å². The van der Waals surface area contributed by atoms with E-state index in [-0.39, 0.29) is 17.9 Å². The van der Waals surface area contributed by atoms with Gasteiger partial charge in [-0.3, -0.25) is 9.59 Å². The van der Waals surface area contributed by atoms with Gasteiger partial charge in [-0.2, -0.15) is 0 Å². The van der Waals surface area contributed by atoms with Crippen molar-refractivity contribution in [1.29, 1.82) is 0 Å². The highest BCUT2D eigenvalue weighted by Crippen LogP contribution is 2.52. The van der Waals surface area contributed by atoms with E-state index in [2.05, 4.69) is 18.8 Å². The third-order valence-corrected chi connectivity index (χ3v) is 7.36. The van der Waals surface area contributed by atoms with Crippen molar-refractivity contribution in [2.24, 2.45) is 17.8 Å². The maximum Gasteiger partial charge on any atom is 0.230 e. The number of hydrogen-bond acceptors (Lipinski definition) is 5. The molecule has 4 rings (SSSR count). The molecule has 4 atom stereocenters. The fraction of sp³-hybridized carbons (Fsp3) is 0.667. The van der Waals surface area contributed by atoms with E-state index in [0.29, 0.717) is 19.0 Å². The quantitative estimate of drug-likeness (QED) is 0.657. The summed E-state index contributed by atoms with van der Waals surface area (Å²) in [6, 6.07) is 0. The number of thiazole rings is 1. The molecule has 2 amide bonds. The summed E-state index contributed by atoms with van der Waals surface area (Å²) >= 11 is 1.58. The largest absolute Gasteiger partial charge is 0.360 e. The average Bonchev–Trinajstić information content (AvgIpc) is 3.41. The summed E-state index contributed by atoms with van der Waals surface area (Å²) in [5, 5.41) is 2.97. The fourth-order valence-electron chi connectivity index (χ4n) is 4.93. The van der Waals surface area contributed by atoms with Crippen LogP contribution in [0.4, 0.5) is 0 Å². The molecule has 2 saturated heterocycles. The van der Waals surface area contributed by atoms with Crippen molar-refractivity contribution >= 4 is 23.2 Å². The van der Waals surface area contributed by atoms with Gasteiger partial charge in [-0.25, -0.2) is 4.98 Å². The maximum atomic E-state index is 13.3. The average molecular weight is 404 g/mol. The number of aromatic nitrogens is 1. The van der Waals surface area contributed by atoms with Crippen LogP contribution in [0.1, 0.15) is 37.4 Å². The first-order valence-electron chi connectivity index (χ1n) is 10.2. The van der Waals surface area contributed by atoms with Gasteiger partial charge in [0.2, 0.25) is 11.8 Å². The molecule has 0 radical (unpaired) electrons. The number of amides is 2. The van der Waals surface area contributed by atoms with Crippen LogP contribution < -0.4 is 0 Å². The Kier molecular flexibility index (Phi) is 5.08. The van der Waals surface area contributed by atoms with Crippen LogP contribution in [0.5, 0.6) is 0 Å². The van der Waals surface area contributed by atoms with E-state index in [9.17, 15) is 9.59 Å². The smallest absolute Gasteiger partial charge is 0.230 e. The molecule has 1 spiro atoms. The van der Waals surface area contributed by atoms with Crippen LogP contribution in [0.15, 0.2) is 17.5 Å². The molecule has 3 aliphatic heterocycles. The highest BCUT2D eigenvalue weighted by molar-refractivity contribution is 7.09. The summed E-state index contributed by atoms with van der Waals surface area (Å²) in [5.41, 5.74) is 0.271. The molecule has 0 unspecified atom stereocenters. The molecule has 2 bridgehead atoms. The zero-order valence-corrected chi connectivity index (χ0v) is 17.9. The minimum absolute atomic E-state index is 0.0235. The standard InChI is InChI=1S/C21H29N3O3S/c1-5-14(6-2)9-24-12-21-8-7-16(27-21)17(18(21)20(24)26)19(25)23(4)10-15-11-28-13(3)22-15/h7-8,11,14,16-18H,5-6,9-10,12H2,1-4H3/t16-,17+,18-,21-/m0/s1. The number of fused-ring (bicyclic) bond motifs is 1. The van der Waals surface area contributed by atoms with E-state index in [1.807, 2.05) is 29.4 Å². The Labute approximate surface area is 170 Å². The normalized spacial score (nSPS) is 30.5. The van der Waals surface area contributed by atoms with E-state index in [0.717, 1.165) is 30.1 Å². The van der Waals surface area contributed by atoms with Crippen molar-refractivity contribution < 1.29 is 14.3 Å². The fourth-order valence-corrected chi connectivity index (χ4v) is 5.53. The molecular weight excluding hydrogens is 374 g/mol. The lowest BCUT2D eigenvalue weighted by Gasteiger charge is -2.27. The second kappa shape index (κ2) is 7.26. The molecule has 0 aromatic carbocycles. The Morgan fingerprint density at radius 2 is 2.21 bits per heavy atom. The third kappa shape index (κ3) is 3.08. The lowest BCUT2D eigenvalue weighted by atomic mass is 9.76.